The Balaban J connectivity index is 2.66. The van der Waals surface area contributed by atoms with Crippen LogP contribution < -0.4 is 10.8 Å². The average molecular weight is 400 g/mol. The van der Waals surface area contributed by atoms with Crippen LogP contribution in [0.25, 0.3) is 11.1 Å². The molecule has 0 atom stereocenters. The molecule has 29 heavy (non-hydrogen) atoms. The first-order valence-corrected chi connectivity index (χ1v) is 9.88. The number of rotatable bonds is 9. The Bertz CT molecular complexity index is 863. The van der Waals surface area contributed by atoms with Gasteiger partial charge in [-0.3, -0.25) is 14.8 Å². The first kappa shape index (κ1) is 22.4. The number of esters is 1. The molecule has 0 unspecified atom stereocenters. The van der Waals surface area contributed by atoms with Gasteiger partial charge in [-0.05, 0) is 42.0 Å². The molecule has 156 valence electrons. The lowest BCUT2D eigenvalue weighted by atomic mass is 10.0. The summed E-state index contributed by atoms with van der Waals surface area (Å²) in [6.45, 7) is 5.47. The Morgan fingerprint density at radius 1 is 1.03 bits per heavy atom. The normalized spacial score (nSPS) is 10.6. The molecule has 2 aliphatic carbocycles. The van der Waals surface area contributed by atoms with Crippen molar-refractivity contribution in [3.8, 4) is 11.1 Å². The van der Waals surface area contributed by atoms with E-state index in [1.807, 2.05) is 6.07 Å². The summed E-state index contributed by atoms with van der Waals surface area (Å²) in [4.78, 5) is 36.1. The van der Waals surface area contributed by atoms with Gasteiger partial charge in [0.2, 0.25) is 11.8 Å². The summed E-state index contributed by atoms with van der Waals surface area (Å²) >= 11 is 0. The van der Waals surface area contributed by atoms with E-state index in [4.69, 9.17) is 9.94 Å². The zero-order valence-corrected chi connectivity index (χ0v) is 17.1. The summed E-state index contributed by atoms with van der Waals surface area (Å²) in [5.41, 5.74) is 5.53. The molecule has 0 fully saturated rings. The zero-order chi connectivity index (χ0) is 21.4. The average Bonchev–Trinajstić information content (AvgIpc) is 2.81. The molecular formula is C22H28N2O5. The third-order valence-electron chi connectivity index (χ3n) is 4.66. The first-order chi connectivity index (χ1) is 13.9. The standard InChI is InChI=1S/C22H28N2O5/c1-4-6-7-8-18-16-11-9-15(13-19(26)24-28)10-12-17(16)20(22(27)29-5-2)21(18)23-14(3)25/h9-12,28H,4-8,13H2,1-3H3,(H,23,25)(H,24,26). The molecule has 0 aromatic rings. The zero-order valence-electron chi connectivity index (χ0n) is 17.1. The number of carbonyl (C=O) groups excluding carboxylic acids is 3. The molecule has 0 spiro atoms. The number of anilines is 1. The van der Waals surface area contributed by atoms with Crippen LogP contribution in [0.1, 0.15) is 61.5 Å². The van der Waals surface area contributed by atoms with Crippen LogP contribution in [0.4, 0.5) is 5.69 Å². The topological polar surface area (TPSA) is 105 Å². The Morgan fingerprint density at radius 3 is 2.31 bits per heavy atom. The van der Waals surface area contributed by atoms with Crippen molar-refractivity contribution >= 4 is 23.5 Å². The molecule has 0 aromatic carbocycles. The Kier molecular flexibility index (Phi) is 8.15. The highest BCUT2D eigenvalue weighted by atomic mass is 16.5. The van der Waals surface area contributed by atoms with Crippen LogP contribution in [0.3, 0.4) is 0 Å². The van der Waals surface area contributed by atoms with Crippen LogP contribution in [0, 0.1) is 0 Å². The third-order valence-corrected chi connectivity index (χ3v) is 4.66. The van der Waals surface area contributed by atoms with Gasteiger partial charge in [0, 0.05) is 6.92 Å². The number of unbranched alkanes of at least 4 members (excludes halogenated alkanes) is 2. The minimum atomic E-state index is -0.524. The Hall–Kier alpha value is -2.93. The SMILES string of the molecule is CCCCCc1c2ccc(CC(=O)NO)ccc-2c(C(=O)OCC)c1NC(C)=O. The summed E-state index contributed by atoms with van der Waals surface area (Å²) < 4.78 is 5.25. The number of ether oxygens (including phenoxy) is 1. The Labute approximate surface area is 170 Å². The number of hydrogen-bond donors (Lipinski definition) is 3. The molecule has 2 rings (SSSR count). The first-order valence-electron chi connectivity index (χ1n) is 9.88. The fourth-order valence-electron chi connectivity index (χ4n) is 3.40. The van der Waals surface area contributed by atoms with Gasteiger partial charge in [0.05, 0.1) is 24.3 Å². The van der Waals surface area contributed by atoms with Crippen molar-refractivity contribution in [3.63, 3.8) is 0 Å². The van der Waals surface area contributed by atoms with E-state index in [1.54, 1.807) is 30.6 Å². The molecule has 0 radical (unpaired) electrons. The number of amides is 2. The lowest BCUT2D eigenvalue weighted by molar-refractivity contribution is -0.128. The van der Waals surface area contributed by atoms with Gasteiger partial charge in [0.15, 0.2) is 0 Å². The molecule has 0 heterocycles. The number of fused-ring (bicyclic) bond motifs is 1. The van der Waals surface area contributed by atoms with E-state index >= 15 is 0 Å². The number of hydroxylamine groups is 1. The fourth-order valence-corrected chi connectivity index (χ4v) is 3.40. The summed E-state index contributed by atoms with van der Waals surface area (Å²) in [6.07, 6.45) is 3.71. The van der Waals surface area contributed by atoms with Gasteiger partial charge in [-0.2, -0.15) is 0 Å². The second-order valence-corrected chi connectivity index (χ2v) is 6.87. The van der Waals surface area contributed by atoms with Crippen LogP contribution in [0.2, 0.25) is 0 Å². The predicted octanol–water partition coefficient (Wildman–Crippen LogP) is 3.71. The molecule has 0 aliphatic heterocycles. The van der Waals surface area contributed by atoms with E-state index in [2.05, 4.69) is 12.2 Å². The largest absolute Gasteiger partial charge is 0.462 e. The summed E-state index contributed by atoms with van der Waals surface area (Å²) in [5.74, 6) is -1.28. The Morgan fingerprint density at radius 2 is 1.72 bits per heavy atom. The molecule has 0 saturated heterocycles. The minimum Gasteiger partial charge on any atom is -0.462 e. The quantitative estimate of drug-likeness (QED) is 0.258. The smallest absolute Gasteiger partial charge is 0.340 e. The molecular weight excluding hydrogens is 372 g/mol. The minimum absolute atomic E-state index is 0.00619. The van der Waals surface area contributed by atoms with Gasteiger partial charge in [-0.15, -0.1) is 0 Å². The fraction of sp³-hybridized carbons (Fsp3) is 0.409. The van der Waals surface area contributed by atoms with Gasteiger partial charge >= 0.3 is 5.97 Å². The number of nitrogens with one attached hydrogen (secondary N) is 2. The van der Waals surface area contributed by atoms with Crippen molar-refractivity contribution in [1.29, 1.82) is 0 Å². The van der Waals surface area contributed by atoms with Crippen LogP contribution >= 0.6 is 0 Å². The molecule has 0 saturated carbocycles. The monoisotopic (exact) mass is 400 g/mol. The summed E-state index contributed by atoms with van der Waals surface area (Å²) in [6, 6.07) is 7.13. The van der Waals surface area contributed by atoms with Crippen molar-refractivity contribution in [2.24, 2.45) is 0 Å². The highest BCUT2D eigenvalue weighted by Crippen LogP contribution is 2.42. The molecule has 2 amide bonds. The molecule has 3 N–H and O–H groups in total. The van der Waals surface area contributed by atoms with E-state index in [0.717, 1.165) is 30.4 Å². The molecule has 2 aliphatic rings. The van der Waals surface area contributed by atoms with Crippen LogP contribution in [0.15, 0.2) is 24.3 Å². The van der Waals surface area contributed by atoms with Crippen molar-refractivity contribution < 1.29 is 24.3 Å². The number of hydrogen-bond acceptors (Lipinski definition) is 5. The third kappa shape index (κ3) is 5.54. The van der Waals surface area contributed by atoms with Crippen molar-refractivity contribution in [2.75, 3.05) is 11.9 Å². The molecule has 7 heteroatoms. The van der Waals surface area contributed by atoms with E-state index in [-0.39, 0.29) is 18.9 Å². The number of carbonyl (C=O) groups is 3. The highest BCUT2D eigenvalue weighted by Gasteiger charge is 2.28. The maximum Gasteiger partial charge on any atom is 0.340 e. The highest BCUT2D eigenvalue weighted by molar-refractivity contribution is 6.10. The van der Waals surface area contributed by atoms with Gasteiger partial charge in [0.25, 0.3) is 0 Å². The van der Waals surface area contributed by atoms with Gasteiger partial charge in [0.1, 0.15) is 0 Å². The molecule has 0 aromatic heterocycles. The summed E-state index contributed by atoms with van der Waals surface area (Å²) in [7, 11) is 0. The second-order valence-electron chi connectivity index (χ2n) is 6.87. The van der Waals surface area contributed by atoms with E-state index < -0.39 is 11.9 Å². The van der Waals surface area contributed by atoms with E-state index in [9.17, 15) is 14.4 Å². The van der Waals surface area contributed by atoms with Crippen molar-refractivity contribution in [3.05, 3.63) is 41.0 Å². The van der Waals surface area contributed by atoms with Gasteiger partial charge in [-0.25, -0.2) is 10.3 Å². The lowest BCUT2D eigenvalue weighted by Crippen LogP contribution is -2.20. The molecule has 0 bridgehead atoms. The lowest BCUT2D eigenvalue weighted by Gasteiger charge is -2.09. The van der Waals surface area contributed by atoms with Gasteiger partial charge in [-0.1, -0.05) is 44.0 Å². The van der Waals surface area contributed by atoms with Crippen molar-refractivity contribution in [1.82, 2.24) is 5.48 Å². The van der Waals surface area contributed by atoms with E-state index in [0.29, 0.717) is 28.8 Å². The van der Waals surface area contributed by atoms with Crippen molar-refractivity contribution in [2.45, 2.75) is 52.9 Å². The maximum atomic E-state index is 12.7. The van der Waals surface area contributed by atoms with Crippen LogP contribution in [0.5, 0.6) is 0 Å². The van der Waals surface area contributed by atoms with Crippen LogP contribution in [-0.2, 0) is 27.2 Å². The second kappa shape index (κ2) is 10.6. The van der Waals surface area contributed by atoms with E-state index in [1.165, 1.54) is 6.92 Å². The van der Waals surface area contributed by atoms with Gasteiger partial charge < -0.3 is 10.1 Å². The predicted molar refractivity (Wildman–Crippen MR) is 110 cm³/mol. The summed E-state index contributed by atoms with van der Waals surface area (Å²) in [5, 5.41) is 11.6. The maximum absolute atomic E-state index is 12.7. The molecule has 7 nitrogen and oxygen atoms in total. The van der Waals surface area contributed by atoms with Crippen LogP contribution in [-0.4, -0.2) is 29.6 Å².